The average molecular weight is 279 g/mol. The molecule has 0 bridgehead atoms. The Hall–Kier alpha value is -2.71. The topological polar surface area (TPSA) is 58.8 Å². The molecule has 2 aromatic carbocycles. The Labute approximate surface area is 120 Å². The molecule has 0 unspecified atom stereocenters. The number of nitrogens with zero attached hydrogens (tertiary/aromatic N) is 3. The molecule has 20 heavy (non-hydrogen) atoms. The fourth-order valence-electron chi connectivity index (χ4n) is 1.70. The van der Waals surface area contributed by atoms with Crippen LogP contribution in [0, 0.1) is 11.3 Å². The summed E-state index contributed by atoms with van der Waals surface area (Å²) in [6.07, 6.45) is 0. The zero-order valence-corrected chi connectivity index (χ0v) is 11.2. The highest BCUT2D eigenvalue weighted by molar-refractivity contribution is 7.07. The minimum atomic E-state index is 0.423. The molecule has 0 saturated heterocycles. The maximum absolute atomic E-state index is 9.02. The lowest BCUT2D eigenvalue weighted by atomic mass is 10.2. The molecule has 1 aromatic heterocycles. The van der Waals surface area contributed by atoms with E-state index < -0.39 is 0 Å². The molecule has 4 nitrogen and oxygen atoms in total. The van der Waals surface area contributed by atoms with E-state index in [9.17, 15) is 0 Å². The Bertz CT molecular complexity index is 762. The summed E-state index contributed by atoms with van der Waals surface area (Å²) in [7, 11) is 0. The van der Waals surface area contributed by atoms with Crippen molar-refractivity contribution in [3.63, 3.8) is 0 Å². The number of benzene rings is 2. The molecule has 0 aliphatic heterocycles. The fraction of sp³-hybridized carbons (Fsp3) is 0. The van der Waals surface area contributed by atoms with Crippen LogP contribution in [0.5, 0.6) is 10.9 Å². The Morgan fingerprint density at radius 1 is 1.00 bits per heavy atom. The third-order valence-corrected chi connectivity index (χ3v) is 3.24. The van der Waals surface area contributed by atoms with Crippen LogP contribution in [-0.2, 0) is 0 Å². The molecule has 3 aromatic rings. The molecular formula is C15H9N3OS. The Kier molecular flexibility index (Phi) is 3.40. The summed E-state index contributed by atoms with van der Waals surface area (Å²) in [5.74, 6) is 1.12. The van der Waals surface area contributed by atoms with Gasteiger partial charge in [0.2, 0.25) is 0 Å². The molecule has 0 spiro atoms. The number of nitriles is 1. The lowest BCUT2D eigenvalue weighted by Crippen LogP contribution is -1.87. The van der Waals surface area contributed by atoms with E-state index in [1.54, 1.807) is 18.2 Å². The van der Waals surface area contributed by atoms with Crippen molar-refractivity contribution in [2.24, 2.45) is 0 Å². The first-order valence-corrected chi connectivity index (χ1v) is 6.70. The standard InChI is InChI=1S/C15H9N3OS/c16-10-12-8-4-5-9-13(12)19-15-17-14(18-20-15)11-6-2-1-3-7-11/h1-9H. The molecule has 0 atom stereocenters. The number of hydrogen-bond donors (Lipinski definition) is 0. The zero-order chi connectivity index (χ0) is 13.8. The third kappa shape index (κ3) is 2.51. The summed E-state index contributed by atoms with van der Waals surface area (Å²) < 4.78 is 9.89. The van der Waals surface area contributed by atoms with Gasteiger partial charge in [-0.05, 0) is 12.1 Å². The van der Waals surface area contributed by atoms with Crippen LogP contribution >= 0.6 is 11.5 Å². The van der Waals surface area contributed by atoms with Crippen molar-refractivity contribution in [2.75, 3.05) is 0 Å². The lowest BCUT2D eigenvalue weighted by molar-refractivity contribution is 0.478. The van der Waals surface area contributed by atoms with Crippen molar-refractivity contribution < 1.29 is 4.74 Å². The van der Waals surface area contributed by atoms with Crippen molar-refractivity contribution in [1.82, 2.24) is 9.36 Å². The normalized spacial score (nSPS) is 9.95. The molecule has 0 N–H and O–H groups in total. The summed E-state index contributed by atoms with van der Waals surface area (Å²) in [5.41, 5.74) is 1.41. The Morgan fingerprint density at radius 2 is 1.75 bits per heavy atom. The maximum Gasteiger partial charge on any atom is 0.299 e. The van der Waals surface area contributed by atoms with Crippen LogP contribution in [0.3, 0.4) is 0 Å². The van der Waals surface area contributed by atoms with E-state index in [0.717, 1.165) is 5.56 Å². The highest BCUT2D eigenvalue weighted by Crippen LogP contribution is 2.28. The van der Waals surface area contributed by atoms with Gasteiger partial charge in [-0.3, -0.25) is 0 Å². The first-order chi connectivity index (χ1) is 9.86. The second-order valence-corrected chi connectivity index (χ2v) is 4.67. The molecule has 0 fully saturated rings. The molecule has 96 valence electrons. The summed E-state index contributed by atoms with van der Waals surface area (Å²) in [6.45, 7) is 0. The first kappa shape index (κ1) is 12.3. The van der Waals surface area contributed by atoms with Gasteiger partial charge in [0, 0.05) is 17.1 Å². The summed E-state index contributed by atoms with van der Waals surface area (Å²) in [6, 6.07) is 18.8. The summed E-state index contributed by atoms with van der Waals surface area (Å²) in [5, 5.41) is 9.44. The monoisotopic (exact) mass is 279 g/mol. The largest absolute Gasteiger partial charge is 0.428 e. The molecule has 0 radical (unpaired) electrons. The van der Waals surface area contributed by atoms with E-state index in [2.05, 4.69) is 15.4 Å². The van der Waals surface area contributed by atoms with E-state index in [0.29, 0.717) is 22.3 Å². The Morgan fingerprint density at radius 3 is 2.55 bits per heavy atom. The van der Waals surface area contributed by atoms with Crippen LogP contribution in [0.15, 0.2) is 54.6 Å². The quantitative estimate of drug-likeness (QED) is 0.730. The van der Waals surface area contributed by atoms with Gasteiger partial charge in [0.15, 0.2) is 5.82 Å². The van der Waals surface area contributed by atoms with Crippen LogP contribution < -0.4 is 4.74 Å². The van der Waals surface area contributed by atoms with E-state index in [1.807, 2.05) is 36.4 Å². The van der Waals surface area contributed by atoms with Crippen molar-refractivity contribution in [3.8, 4) is 28.4 Å². The van der Waals surface area contributed by atoms with Crippen molar-refractivity contribution in [3.05, 3.63) is 60.2 Å². The molecule has 1 heterocycles. The highest BCUT2D eigenvalue weighted by Gasteiger charge is 2.10. The number of hydrogen-bond acceptors (Lipinski definition) is 5. The van der Waals surface area contributed by atoms with Crippen molar-refractivity contribution >= 4 is 11.5 Å². The van der Waals surface area contributed by atoms with Gasteiger partial charge in [0.25, 0.3) is 5.19 Å². The first-order valence-electron chi connectivity index (χ1n) is 5.93. The molecule has 0 amide bonds. The van der Waals surface area contributed by atoms with Gasteiger partial charge in [-0.2, -0.15) is 14.6 Å². The minimum Gasteiger partial charge on any atom is -0.428 e. The number of rotatable bonds is 3. The van der Waals surface area contributed by atoms with E-state index in [4.69, 9.17) is 10.00 Å². The zero-order valence-electron chi connectivity index (χ0n) is 10.4. The fourth-order valence-corrected chi connectivity index (χ4v) is 2.26. The molecule has 0 aliphatic rings. The molecule has 3 rings (SSSR count). The van der Waals surface area contributed by atoms with Crippen LogP contribution in [0.25, 0.3) is 11.4 Å². The third-order valence-electron chi connectivity index (χ3n) is 2.64. The molecule has 0 saturated carbocycles. The molecule has 0 aliphatic carbocycles. The van der Waals surface area contributed by atoms with E-state index in [-0.39, 0.29) is 0 Å². The second-order valence-electron chi connectivity index (χ2n) is 3.96. The Balaban J connectivity index is 1.87. The van der Waals surface area contributed by atoms with Crippen LogP contribution in [-0.4, -0.2) is 9.36 Å². The van der Waals surface area contributed by atoms with Crippen LogP contribution in [0.4, 0.5) is 0 Å². The minimum absolute atomic E-state index is 0.423. The number of ether oxygens (including phenoxy) is 1. The van der Waals surface area contributed by atoms with Crippen LogP contribution in [0.2, 0.25) is 0 Å². The highest BCUT2D eigenvalue weighted by atomic mass is 32.1. The van der Waals surface area contributed by atoms with E-state index >= 15 is 0 Å². The second kappa shape index (κ2) is 5.51. The van der Waals surface area contributed by atoms with Crippen LogP contribution in [0.1, 0.15) is 5.56 Å². The predicted octanol–water partition coefficient (Wildman–Crippen LogP) is 3.87. The average Bonchev–Trinajstić information content (AvgIpc) is 2.97. The molecular weight excluding hydrogens is 270 g/mol. The van der Waals surface area contributed by atoms with Crippen molar-refractivity contribution in [2.45, 2.75) is 0 Å². The van der Waals surface area contributed by atoms with Gasteiger partial charge in [-0.25, -0.2) is 0 Å². The summed E-state index contributed by atoms with van der Waals surface area (Å²) in [4.78, 5) is 4.33. The van der Waals surface area contributed by atoms with Gasteiger partial charge >= 0.3 is 0 Å². The lowest BCUT2D eigenvalue weighted by Gasteiger charge is -2.01. The van der Waals surface area contributed by atoms with Gasteiger partial charge < -0.3 is 4.74 Å². The smallest absolute Gasteiger partial charge is 0.299 e. The van der Waals surface area contributed by atoms with Gasteiger partial charge in [-0.15, -0.1) is 0 Å². The predicted molar refractivity (Wildman–Crippen MR) is 76.6 cm³/mol. The van der Waals surface area contributed by atoms with Gasteiger partial charge in [0.1, 0.15) is 11.8 Å². The SMILES string of the molecule is N#Cc1ccccc1Oc1nc(-c2ccccc2)ns1. The summed E-state index contributed by atoms with van der Waals surface area (Å²) >= 11 is 1.17. The number of aromatic nitrogens is 2. The van der Waals surface area contributed by atoms with E-state index in [1.165, 1.54) is 11.5 Å². The number of para-hydroxylation sites is 1. The van der Waals surface area contributed by atoms with Gasteiger partial charge in [0.05, 0.1) is 5.56 Å². The molecule has 5 heteroatoms. The van der Waals surface area contributed by atoms with Crippen molar-refractivity contribution in [1.29, 1.82) is 5.26 Å². The van der Waals surface area contributed by atoms with Gasteiger partial charge in [-0.1, -0.05) is 42.5 Å². The maximum atomic E-state index is 9.02.